The van der Waals surface area contributed by atoms with E-state index in [1.165, 1.54) is 0 Å². The van der Waals surface area contributed by atoms with Crippen LogP contribution in [0.4, 0.5) is 0 Å². The number of nitrogens with one attached hydrogen (secondary N) is 1. The predicted octanol–water partition coefficient (Wildman–Crippen LogP) is 1.44. The third kappa shape index (κ3) is 3.10. The lowest BCUT2D eigenvalue weighted by Gasteiger charge is -2.44. The van der Waals surface area contributed by atoms with Gasteiger partial charge < -0.3 is 5.32 Å². The Morgan fingerprint density at radius 1 is 1.21 bits per heavy atom. The average molecular weight is 264 g/mol. The van der Waals surface area contributed by atoms with Gasteiger partial charge in [0.1, 0.15) is 5.54 Å². The molecule has 1 N–H and O–H groups in total. The van der Waals surface area contributed by atoms with Gasteiger partial charge in [-0.1, -0.05) is 0 Å². The van der Waals surface area contributed by atoms with Crippen LogP contribution in [0.3, 0.4) is 0 Å². The first kappa shape index (κ1) is 14.8. The molecule has 0 radical (unpaired) electrons. The molecule has 2 aliphatic rings. The van der Waals surface area contributed by atoms with Crippen LogP contribution in [-0.2, 0) is 0 Å². The summed E-state index contributed by atoms with van der Waals surface area (Å²) in [5.41, 5.74) is 0.00891. The molecule has 2 atom stereocenters. The predicted molar refractivity (Wildman–Crippen MR) is 77.9 cm³/mol. The summed E-state index contributed by atoms with van der Waals surface area (Å²) in [6.45, 7) is 11.5. The highest BCUT2D eigenvalue weighted by Crippen LogP contribution is 2.33. The number of hydrogen-bond acceptors (Lipinski definition) is 4. The molecule has 1 heterocycles. The fourth-order valence-electron chi connectivity index (χ4n) is 3.47. The van der Waals surface area contributed by atoms with Crippen molar-refractivity contribution in [3.63, 3.8) is 0 Å². The molecule has 0 spiro atoms. The maximum Gasteiger partial charge on any atom is 0.108 e. The molecule has 0 aromatic heterocycles. The van der Waals surface area contributed by atoms with Crippen LogP contribution in [0.1, 0.15) is 40.0 Å². The van der Waals surface area contributed by atoms with E-state index in [1.807, 2.05) is 7.05 Å². The van der Waals surface area contributed by atoms with Gasteiger partial charge in [-0.15, -0.1) is 0 Å². The van der Waals surface area contributed by atoms with Gasteiger partial charge in [-0.05, 0) is 47.1 Å². The van der Waals surface area contributed by atoms with Gasteiger partial charge in [0.2, 0.25) is 0 Å². The molecule has 4 heteroatoms. The standard InChI is InChI=1S/C15H28N4/c1-14(2,3)19-9-7-18(8-10-19)13-5-6-15(11-13,12-16)17-4/h13,17H,5-11H2,1-4H3. The Kier molecular flexibility index (Phi) is 4.20. The zero-order valence-corrected chi connectivity index (χ0v) is 12.9. The number of nitrogens with zero attached hydrogens (tertiary/aromatic N) is 3. The molecule has 0 aromatic rings. The van der Waals surface area contributed by atoms with Crippen LogP contribution < -0.4 is 5.32 Å². The normalized spacial score (nSPS) is 34.4. The summed E-state index contributed by atoms with van der Waals surface area (Å²) >= 11 is 0. The largest absolute Gasteiger partial charge is 0.302 e. The lowest BCUT2D eigenvalue weighted by Crippen LogP contribution is -2.55. The van der Waals surface area contributed by atoms with Crippen molar-refractivity contribution in [2.24, 2.45) is 0 Å². The van der Waals surface area contributed by atoms with E-state index >= 15 is 0 Å². The van der Waals surface area contributed by atoms with Crippen molar-refractivity contribution in [3.05, 3.63) is 0 Å². The smallest absolute Gasteiger partial charge is 0.108 e. The molecule has 2 rings (SSSR count). The van der Waals surface area contributed by atoms with Crippen LogP contribution >= 0.6 is 0 Å². The van der Waals surface area contributed by atoms with Gasteiger partial charge >= 0.3 is 0 Å². The zero-order valence-electron chi connectivity index (χ0n) is 12.9. The Labute approximate surface area is 117 Å². The molecular weight excluding hydrogens is 236 g/mol. The van der Waals surface area contributed by atoms with Crippen LogP contribution in [0.2, 0.25) is 0 Å². The zero-order chi connectivity index (χ0) is 14.1. The molecule has 2 fully saturated rings. The number of nitriles is 1. The van der Waals surface area contributed by atoms with Gasteiger partial charge in [0, 0.05) is 37.8 Å². The SMILES string of the molecule is CNC1(C#N)CCC(N2CCN(C(C)(C)C)CC2)C1. The summed E-state index contributed by atoms with van der Waals surface area (Å²) < 4.78 is 0. The maximum atomic E-state index is 9.34. The van der Waals surface area contributed by atoms with E-state index in [2.05, 4.69) is 42.0 Å². The van der Waals surface area contributed by atoms with Crippen molar-refractivity contribution in [2.45, 2.75) is 57.2 Å². The van der Waals surface area contributed by atoms with Crippen LogP contribution in [0.5, 0.6) is 0 Å². The number of rotatable bonds is 2. The quantitative estimate of drug-likeness (QED) is 0.819. The van der Waals surface area contributed by atoms with Gasteiger partial charge in [0.05, 0.1) is 6.07 Å². The Balaban J connectivity index is 1.89. The minimum atomic E-state index is -0.272. The maximum absolute atomic E-state index is 9.34. The second-order valence-electron chi connectivity index (χ2n) is 7.03. The summed E-state index contributed by atoms with van der Waals surface area (Å²) in [5.74, 6) is 0. The minimum absolute atomic E-state index is 0.272. The Morgan fingerprint density at radius 2 is 1.84 bits per heavy atom. The van der Waals surface area contributed by atoms with E-state index in [0.29, 0.717) is 6.04 Å². The molecule has 0 amide bonds. The van der Waals surface area contributed by atoms with Gasteiger partial charge in [-0.25, -0.2) is 0 Å². The van der Waals surface area contributed by atoms with Crippen molar-refractivity contribution < 1.29 is 0 Å². The van der Waals surface area contributed by atoms with Crippen LogP contribution in [0.25, 0.3) is 0 Å². The van der Waals surface area contributed by atoms with Gasteiger partial charge in [0.25, 0.3) is 0 Å². The number of piperazine rings is 1. The highest BCUT2D eigenvalue weighted by Gasteiger charge is 2.41. The van der Waals surface area contributed by atoms with Gasteiger partial charge in [0.15, 0.2) is 0 Å². The molecule has 1 aliphatic carbocycles. The van der Waals surface area contributed by atoms with E-state index in [9.17, 15) is 5.26 Å². The summed E-state index contributed by atoms with van der Waals surface area (Å²) in [4.78, 5) is 5.16. The first-order valence-corrected chi connectivity index (χ1v) is 7.49. The van der Waals surface area contributed by atoms with Crippen molar-refractivity contribution >= 4 is 0 Å². The van der Waals surface area contributed by atoms with Crippen LogP contribution in [0, 0.1) is 11.3 Å². The Bertz CT molecular complexity index is 346. The molecule has 1 saturated carbocycles. The number of hydrogen-bond donors (Lipinski definition) is 1. The minimum Gasteiger partial charge on any atom is -0.302 e. The molecule has 108 valence electrons. The fraction of sp³-hybridized carbons (Fsp3) is 0.933. The third-order valence-corrected chi connectivity index (χ3v) is 4.96. The average Bonchev–Trinajstić information content (AvgIpc) is 2.83. The van der Waals surface area contributed by atoms with E-state index in [0.717, 1.165) is 45.4 Å². The molecule has 4 nitrogen and oxygen atoms in total. The van der Waals surface area contributed by atoms with Crippen molar-refractivity contribution in [1.29, 1.82) is 5.26 Å². The molecule has 1 saturated heterocycles. The summed E-state index contributed by atoms with van der Waals surface area (Å²) in [5, 5.41) is 12.6. The first-order valence-electron chi connectivity index (χ1n) is 7.49. The summed E-state index contributed by atoms with van der Waals surface area (Å²) in [7, 11) is 1.92. The summed E-state index contributed by atoms with van der Waals surface area (Å²) in [6.07, 6.45) is 3.13. The Morgan fingerprint density at radius 3 is 2.26 bits per heavy atom. The molecule has 1 aliphatic heterocycles. The monoisotopic (exact) mass is 264 g/mol. The Hall–Kier alpha value is -0.630. The molecule has 2 unspecified atom stereocenters. The molecular formula is C15H28N4. The van der Waals surface area contributed by atoms with E-state index in [4.69, 9.17) is 0 Å². The van der Waals surface area contributed by atoms with E-state index < -0.39 is 0 Å². The van der Waals surface area contributed by atoms with Crippen molar-refractivity contribution in [3.8, 4) is 6.07 Å². The lowest BCUT2D eigenvalue weighted by molar-refractivity contribution is 0.0423. The van der Waals surface area contributed by atoms with Gasteiger partial charge in [-0.3, -0.25) is 9.80 Å². The van der Waals surface area contributed by atoms with E-state index in [-0.39, 0.29) is 11.1 Å². The highest BCUT2D eigenvalue weighted by molar-refractivity contribution is 5.13. The molecule has 0 bridgehead atoms. The van der Waals surface area contributed by atoms with E-state index in [1.54, 1.807) is 0 Å². The first-order chi connectivity index (χ1) is 8.90. The van der Waals surface area contributed by atoms with Crippen molar-refractivity contribution in [1.82, 2.24) is 15.1 Å². The summed E-state index contributed by atoms with van der Waals surface area (Å²) in [6, 6.07) is 3.07. The topological polar surface area (TPSA) is 42.3 Å². The van der Waals surface area contributed by atoms with Gasteiger partial charge in [-0.2, -0.15) is 5.26 Å². The molecule has 0 aromatic carbocycles. The highest BCUT2D eigenvalue weighted by atomic mass is 15.3. The second kappa shape index (κ2) is 5.40. The molecule has 19 heavy (non-hydrogen) atoms. The van der Waals surface area contributed by atoms with Crippen LogP contribution in [0.15, 0.2) is 0 Å². The van der Waals surface area contributed by atoms with Crippen LogP contribution in [-0.4, -0.2) is 60.1 Å². The lowest BCUT2D eigenvalue weighted by atomic mass is 9.99. The van der Waals surface area contributed by atoms with Crippen molar-refractivity contribution in [2.75, 3.05) is 33.2 Å². The second-order valence-corrected chi connectivity index (χ2v) is 7.03. The third-order valence-electron chi connectivity index (χ3n) is 4.96. The fourth-order valence-corrected chi connectivity index (χ4v) is 3.47.